The Bertz CT molecular complexity index is 855. The fraction of sp³-hybridized carbons (Fsp3) is 0.300. The summed E-state index contributed by atoms with van der Waals surface area (Å²) in [6.45, 7) is 0.912. The van der Waals surface area contributed by atoms with Gasteiger partial charge in [0.25, 0.3) is 0 Å². The van der Waals surface area contributed by atoms with E-state index in [1.165, 1.54) is 11.6 Å². The van der Waals surface area contributed by atoms with Crippen LogP contribution in [0, 0.1) is 11.6 Å². The van der Waals surface area contributed by atoms with Gasteiger partial charge in [0.1, 0.15) is 11.6 Å². The Hall–Kier alpha value is -2.20. The molecule has 0 amide bonds. The third kappa shape index (κ3) is 2.94. The molecule has 24 heavy (non-hydrogen) atoms. The average Bonchev–Trinajstić information content (AvgIpc) is 2.94. The molecule has 1 aliphatic rings. The number of aryl methyl sites for hydroxylation is 1. The highest BCUT2D eigenvalue weighted by Gasteiger charge is 2.23. The van der Waals surface area contributed by atoms with Crippen LogP contribution in [0.1, 0.15) is 23.2 Å². The van der Waals surface area contributed by atoms with E-state index in [0.717, 1.165) is 49.6 Å². The maximum absolute atomic E-state index is 13.9. The Morgan fingerprint density at radius 1 is 1.12 bits per heavy atom. The summed E-state index contributed by atoms with van der Waals surface area (Å²) in [7, 11) is 0. The second kappa shape index (κ2) is 6.36. The first-order valence-corrected chi connectivity index (χ1v) is 8.46. The van der Waals surface area contributed by atoms with Crippen LogP contribution in [-0.2, 0) is 19.3 Å². The highest BCUT2D eigenvalue weighted by Crippen LogP contribution is 2.31. The van der Waals surface area contributed by atoms with Crippen molar-refractivity contribution in [3.63, 3.8) is 0 Å². The van der Waals surface area contributed by atoms with Crippen LogP contribution in [0.15, 0.2) is 42.5 Å². The molecule has 1 aromatic heterocycles. The van der Waals surface area contributed by atoms with Gasteiger partial charge in [-0.05, 0) is 49.4 Å². The van der Waals surface area contributed by atoms with Crippen LogP contribution in [0.2, 0.25) is 0 Å². The lowest BCUT2D eigenvalue weighted by Gasteiger charge is -2.23. The molecule has 1 unspecified atom stereocenters. The second-order valence-electron chi connectivity index (χ2n) is 6.52. The van der Waals surface area contributed by atoms with E-state index < -0.39 is 11.6 Å². The van der Waals surface area contributed by atoms with Crippen LogP contribution < -0.4 is 5.32 Å². The van der Waals surface area contributed by atoms with E-state index in [-0.39, 0.29) is 0 Å². The summed E-state index contributed by atoms with van der Waals surface area (Å²) in [4.78, 5) is 3.14. The first-order valence-electron chi connectivity index (χ1n) is 8.46. The quantitative estimate of drug-likeness (QED) is 0.741. The summed E-state index contributed by atoms with van der Waals surface area (Å²) in [6, 6.07) is 13.1. The van der Waals surface area contributed by atoms with Gasteiger partial charge in [-0.3, -0.25) is 0 Å². The van der Waals surface area contributed by atoms with Crippen molar-refractivity contribution in [2.45, 2.75) is 31.7 Å². The van der Waals surface area contributed by atoms with Gasteiger partial charge in [-0.15, -0.1) is 0 Å². The number of hydrogen-bond acceptors (Lipinski definition) is 1. The molecule has 124 valence electrons. The Kier molecular flexibility index (Phi) is 4.07. The molecule has 0 fully saturated rings. The van der Waals surface area contributed by atoms with Crippen LogP contribution in [0.4, 0.5) is 8.78 Å². The summed E-state index contributed by atoms with van der Waals surface area (Å²) in [5.74, 6) is -1.02. The van der Waals surface area contributed by atoms with Gasteiger partial charge in [0.15, 0.2) is 0 Å². The van der Waals surface area contributed by atoms with Crippen molar-refractivity contribution in [3.8, 4) is 0 Å². The van der Waals surface area contributed by atoms with E-state index >= 15 is 0 Å². The predicted molar refractivity (Wildman–Crippen MR) is 92.2 cm³/mol. The summed E-state index contributed by atoms with van der Waals surface area (Å²) < 4.78 is 27.5. The molecule has 0 radical (unpaired) electrons. The molecule has 0 saturated carbocycles. The van der Waals surface area contributed by atoms with Crippen molar-refractivity contribution in [1.29, 1.82) is 0 Å². The molecular formula is C20H20F2N2. The van der Waals surface area contributed by atoms with Crippen LogP contribution in [0.25, 0.3) is 10.9 Å². The van der Waals surface area contributed by atoms with Gasteiger partial charge >= 0.3 is 0 Å². The smallest absolute Gasteiger partial charge is 0.150 e. The molecule has 1 atom stereocenters. The van der Waals surface area contributed by atoms with Crippen molar-refractivity contribution in [2.24, 2.45) is 0 Å². The third-order valence-corrected chi connectivity index (χ3v) is 4.90. The van der Waals surface area contributed by atoms with Gasteiger partial charge in [-0.25, -0.2) is 8.78 Å². The van der Waals surface area contributed by atoms with E-state index in [1.54, 1.807) is 0 Å². The Morgan fingerprint density at radius 3 is 2.79 bits per heavy atom. The summed E-state index contributed by atoms with van der Waals surface area (Å²) in [5.41, 5.74) is 3.87. The molecule has 0 saturated heterocycles. The van der Waals surface area contributed by atoms with Crippen molar-refractivity contribution < 1.29 is 8.78 Å². The van der Waals surface area contributed by atoms with Crippen LogP contribution in [0.3, 0.4) is 0 Å². The first-order chi connectivity index (χ1) is 11.7. The molecule has 0 bridgehead atoms. The van der Waals surface area contributed by atoms with E-state index in [9.17, 15) is 8.78 Å². The Morgan fingerprint density at radius 2 is 1.96 bits per heavy atom. The SMILES string of the molecule is Fc1cc(F)c2[nH]c3c(c2c1)CC(NCCc1ccccc1)CC3. The molecule has 4 rings (SSSR count). The summed E-state index contributed by atoms with van der Waals surface area (Å²) in [5, 5.41) is 4.29. The van der Waals surface area contributed by atoms with E-state index in [4.69, 9.17) is 0 Å². The number of aromatic amines is 1. The lowest BCUT2D eigenvalue weighted by Crippen LogP contribution is -2.35. The lowest BCUT2D eigenvalue weighted by molar-refractivity contribution is 0.461. The molecule has 2 nitrogen and oxygen atoms in total. The van der Waals surface area contributed by atoms with Crippen LogP contribution in [0.5, 0.6) is 0 Å². The van der Waals surface area contributed by atoms with Gasteiger partial charge < -0.3 is 10.3 Å². The highest BCUT2D eigenvalue weighted by atomic mass is 19.1. The largest absolute Gasteiger partial charge is 0.356 e. The number of aromatic nitrogens is 1. The fourth-order valence-corrected chi connectivity index (χ4v) is 3.68. The lowest BCUT2D eigenvalue weighted by atomic mass is 9.91. The van der Waals surface area contributed by atoms with Gasteiger partial charge in [0, 0.05) is 23.2 Å². The molecule has 0 spiro atoms. The topological polar surface area (TPSA) is 27.8 Å². The van der Waals surface area contributed by atoms with E-state index in [2.05, 4.69) is 34.6 Å². The number of rotatable bonds is 4. The predicted octanol–water partition coefficient (Wildman–Crippen LogP) is 4.14. The minimum atomic E-state index is -0.513. The average molecular weight is 326 g/mol. The molecule has 2 aromatic carbocycles. The van der Waals surface area contributed by atoms with Crippen LogP contribution in [-0.4, -0.2) is 17.6 Å². The zero-order chi connectivity index (χ0) is 16.5. The van der Waals surface area contributed by atoms with Gasteiger partial charge in [-0.1, -0.05) is 30.3 Å². The van der Waals surface area contributed by atoms with Crippen LogP contribution >= 0.6 is 0 Å². The van der Waals surface area contributed by atoms with Gasteiger partial charge in [-0.2, -0.15) is 0 Å². The standard InChI is InChI=1S/C20H20F2N2/c21-14-10-17-16-12-15(23-9-8-13-4-2-1-3-5-13)6-7-19(16)24-20(17)18(22)11-14/h1-5,10-11,15,23-24H,6-9,12H2. The van der Waals surface area contributed by atoms with Crippen molar-refractivity contribution in [1.82, 2.24) is 10.3 Å². The number of hydrogen-bond donors (Lipinski definition) is 2. The first kappa shape index (κ1) is 15.3. The number of nitrogens with one attached hydrogen (secondary N) is 2. The molecule has 1 heterocycles. The second-order valence-corrected chi connectivity index (χ2v) is 6.52. The summed E-state index contributed by atoms with van der Waals surface area (Å²) >= 11 is 0. The van der Waals surface area contributed by atoms with Crippen molar-refractivity contribution in [2.75, 3.05) is 6.54 Å². The Balaban J connectivity index is 1.47. The van der Waals surface area contributed by atoms with E-state index in [0.29, 0.717) is 16.9 Å². The molecule has 3 aromatic rings. The molecule has 4 heteroatoms. The fourth-order valence-electron chi connectivity index (χ4n) is 3.68. The number of halogens is 2. The maximum Gasteiger partial charge on any atom is 0.150 e. The zero-order valence-corrected chi connectivity index (χ0v) is 13.4. The number of benzene rings is 2. The van der Waals surface area contributed by atoms with Gasteiger partial charge in [0.05, 0.1) is 5.52 Å². The summed E-state index contributed by atoms with van der Waals surface area (Å²) in [6.07, 6.45) is 3.68. The van der Waals surface area contributed by atoms with Crippen molar-refractivity contribution >= 4 is 10.9 Å². The number of H-pyrrole nitrogens is 1. The van der Waals surface area contributed by atoms with Gasteiger partial charge in [0.2, 0.25) is 0 Å². The minimum Gasteiger partial charge on any atom is -0.356 e. The monoisotopic (exact) mass is 326 g/mol. The zero-order valence-electron chi connectivity index (χ0n) is 13.4. The minimum absolute atomic E-state index is 0.353. The number of fused-ring (bicyclic) bond motifs is 3. The van der Waals surface area contributed by atoms with E-state index in [1.807, 2.05) is 6.07 Å². The molecule has 1 aliphatic carbocycles. The Labute approximate surface area is 139 Å². The normalized spacial score (nSPS) is 17.2. The van der Waals surface area contributed by atoms with Crippen molar-refractivity contribution in [3.05, 3.63) is 70.9 Å². The molecule has 0 aliphatic heterocycles. The third-order valence-electron chi connectivity index (χ3n) is 4.90. The maximum atomic E-state index is 13.9. The molecular weight excluding hydrogens is 306 g/mol. The molecule has 2 N–H and O–H groups in total. The highest BCUT2D eigenvalue weighted by molar-refractivity contribution is 5.85.